The molecule has 2 aliphatic rings. The lowest BCUT2D eigenvalue weighted by molar-refractivity contribution is 0.0994. The molecule has 3 heteroatoms. The first-order chi connectivity index (χ1) is 7.36. The lowest BCUT2D eigenvalue weighted by atomic mass is 10.1. The number of fused-ring (bicyclic) bond motifs is 3. The van der Waals surface area contributed by atoms with Crippen LogP contribution < -0.4 is 9.47 Å². The molecule has 3 rings (SSSR count). The minimum Gasteiger partial charge on any atom is -0.490 e. The fourth-order valence-electron chi connectivity index (χ4n) is 2.18. The van der Waals surface area contributed by atoms with Gasteiger partial charge in [-0.05, 0) is 18.6 Å². The van der Waals surface area contributed by atoms with E-state index in [1.165, 1.54) is 0 Å². The average Bonchev–Trinajstić information content (AvgIpc) is 2.51. The Balaban J connectivity index is 2.15. The monoisotopic (exact) mass is 204 g/mol. The summed E-state index contributed by atoms with van der Waals surface area (Å²) >= 11 is 0. The van der Waals surface area contributed by atoms with Crippen LogP contribution in [0.15, 0.2) is 12.1 Å². The Morgan fingerprint density at radius 1 is 1.07 bits per heavy atom. The van der Waals surface area contributed by atoms with Gasteiger partial charge in [-0.3, -0.25) is 4.79 Å². The highest BCUT2D eigenvalue weighted by Crippen LogP contribution is 2.39. The smallest absolute Gasteiger partial charge is 0.165 e. The summed E-state index contributed by atoms with van der Waals surface area (Å²) < 4.78 is 11.2. The van der Waals surface area contributed by atoms with Crippen molar-refractivity contribution in [2.45, 2.75) is 19.3 Å². The van der Waals surface area contributed by atoms with Crippen molar-refractivity contribution in [2.75, 3.05) is 13.2 Å². The van der Waals surface area contributed by atoms with E-state index in [0.717, 1.165) is 35.5 Å². The van der Waals surface area contributed by atoms with Crippen LogP contribution in [0.5, 0.6) is 11.5 Å². The van der Waals surface area contributed by atoms with Crippen LogP contribution in [0.25, 0.3) is 0 Å². The van der Waals surface area contributed by atoms with Gasteiger partial charge in [0.15, 0.2) is 17.3 Å². The van der Waals surface area contributed by atoms with Gasteiger partial charge in [0.05, 0.1) is 13.2 Å². The number of benzene rings is 1. The first-order valence-electron chi connectivity index (χ1n) is 5.31. The van der Waals surface area contributed by atoms with Gasteiger partial charge < -0.3 is 9.47 Å². The van der Waals surface area contributed by atoms with Crippen molar-refractivity contribution >= 4 is 5.78 Å². The average molecular weight is 204 g/mol. The number of hydrogen-bond donors (Lipinski definition) is 0. The molecule has 0 saturated heterocycles. The van der Waals surface area contributed by atoms with E-state index in [1.54, 1.807) is 0 Å². The molecule has 78 valence electrons. The van der Waals surface area contributed by atoms with Gasteiger partial charge in [-0.25, -0.2) is 0 Å². The van der Waals surface area contributed by atoms with Gasteiger partial charge in [0.1, 0.15) is 0 Å². The van der Waals surface area contributed by atoms with Crippen molar-refractivity contribution in [2.24, 2.45) is 0 Å². The lowest BCUT2D eigenvalue weighted by Gasteiger charge is -2.10. The van der Waals surface area contributed by atoms with Gasteiger partial charge in [0, 0.05) is 24.0 Å². The summed E-state index contributed by atoms with van der Waals surface area (Å²) in [4.78, 5) is 11.5. The molecule has 0 atom stereocenters. The van der Waals surface area contributed by atoms with Crippen molar-refractivity contribution in [3.05, 3.63) is 23.3 Å². The summed E-state index contributed by atoms with van der Waals surface area (Å²) in [6.45, 7) is 1.37. The van der Waals surface area contributed by atoms with Crippen LogP contribution in [0.2, 0.25) is 0 Å². The van der Waals surface area contributed by atoms with Crippen LogP contribution in [0.1, 0.15) is 28.8 Å². The first kappa shape index (κ1) is 8.77. The Kier molecular flexibility index (Phi) is 1.91. The molecule has 0 unspecified atom stereocenters. The maximum absolute atomic E-state index is 11.5. The zero-order chi connectivity index (χ0) is 10.3. The second-order valence-corrected chi connectivity index (χ2v) is 3.89. The zero-order valence-electron chi connectivity index (χ0n) is 8.41. The second-order valence-electron chi connectivity index (χ2n) is 3.89. The second kappa shape index (κ2) is 3.26. The molecular weight excluding hydrogens is 192 g/mol. The largest absolute Gasteiger partial charge is 0.490 e. The quantitative estimate of drug-likeness (QED) is 0.648. The minimum absolute atomic E-state index is 0.223. The van der Waals surface area contributed by atoms with Crippen molar-refractivity contribution in [3.63, 3.8) is 0 Å². The number of rotatable bonds is 0. The highest BCUT2D eigenvalue weighted by atomic mass is 16.5. The highest BCUT2D eigenvalue weighted by molar-refractivity contribution is 6.01. The molecule has 0 radical (unpaired) electrons. The summed E-state index contributed by atoms with van der Waals surface area (Å²) in [5.41, 5.74) is 1.86. The van der Waals surface area contributed by atoms with E-state index in [2.05, 4.69) is 0 Å². The van der Waals surface area contributed by atoms with Gasteiger partial charge in [-0.2, -0.15) is 0 Å². The van der Waals surface area contributed by atoms with Crippen molar-refractivity contribution in [1.82, 2.24) is 0 Å². The fraction of sp³-hybridized carbons (Fsp3) is 0.417. The van der Waals surface area contributed by atoms with Crippen LogP contribution in [0.3, 0.4) is 0 Å². The van der Waals surface area contributed by atoms with E-state index in [4.69, 9.17) is 9.47 Å². The predicted molar refractivity (Wildman–Crippen MR) is 54.7 cm³/mol. The summed E-state index contributed by atoms with van der Waals surface area (Å²) in [7, 11) is 0. The van der Waals surface area contributed by atoms with E-state index in [0.29, 0.717) is 19.6 Å². The van der Waals surface area contributed by atoms with E-state index < -0.39 is 0 Å². The van der Waals surface area contributed by atoms with E-state index in [9.17, 15) is 4.79 Å². The van der Waals surface area contributed by atoms with E-state index >= 15 is 0 Å². The van der Waals surface area contributed by atoms with E-state index in [-0.39, 0.29) is 5.78 Å². The van der Waals surface area contributed by atoms with Crippen LogP contribution >= 0.6 is 0 Å². The maximum Gasteiger partial charge on any atom is 0.165 e. The number of hydrogen-bond acceptors (Lipinski definition) is 3. The Morgan fingerprint density at radius 2 is 1.93 bits per heavy atom. The van der Waals surface area contributed by atoms with Crippen LogP contribution in [0.4, 0.5) is 0 Å². The van der Waals surface area contributed by atoms with Gasteiger partial charge in [0.2, 0.25) is 0 Å². The Labute approximate surface area is 88.0 Å². The third-order valence-electron chi connectivity index (χ3n) is 2.92. The number of ketones is 1. The molecule has 15 heavy (non-hydrogen) atoms. The molecule has 0 spiro atoms. The molecule has 0 amide bonds. The van der Waals surface area contributed by atoms with Crippen molar-refractivity contribution in [3.8, 4) is 11.5 Å². The zero-order valence-corrected chi connectivity index (χ0v) is 8.41. The Bertz CT molecular complexity index is 423. The van der Waals surface area contributed by atoms with Gasteiger partial charge in [-0.15, -0.1) is 0 Å². The SMILES string of the molecule is O=C1CCc2c1ccc1c2OCCCO1. The summed E-state index contributed by atoms with van der Waals surface area (Å²) in [5.74, 6) is 1.82. The highest BCUT2D eigenvalue weighted by Gasteiger charge is 2.26. The van der Waals surface area contributed by atoms with Crippen molar-refractivity contribution in [1.29, 1.82) is 0 Å². The fourth-order valence-corrected chi connectivity index (χ4v) is 2.18. The van der Waals surface area contributed by atoms with Crippen LogP contribution in [-0.4, -0.2) is 19.0 Å². The Morgan fingerprint density at radius 3 is 2.87 bits per heavy atom. The molecule has 1 aromatic rings. The van der Waals surface area contributed by atoms with Crippen molar-refractivity contribution < 1.29 is 14.3 Å². The molecule has 1 aliphatic heterocycles. The number of carbonyl (C=O) groups is 1. The predicted octanol–water partition coefficient (Wildman–Crippen LogP) is 1.98. The third kappa shape index (κ3) is 1.30. The molecule has 0 fully saturated rings. The summed E-state index contributed by atoms with van der Waals surface area (Å²) in [5, 5.41) is 0. The normalized spacial score (nSPS) is 18.5. The molecule has 3 nitrogen and oxygen atoms in total. The number of carbonyl (C=O) groups excluding carboxylic acids is 1. The summed E-state index contributed by atoms with van der Waals surface area (Å²) in [6, 6.07) is 3.71. The first-order valence-corrected chi connectivity index (χ1v) is 5.31. The molecule has 1 heterocycles. The van der Waals surface area contributed by atoms with Gasteiger partial charge >= 0.3 is 0 Å². The van der Waals surface area contributed by atoms with Crippen LogP contribution in [0, 0.1) is 0 Å². The summed E-state index contributed by atoms with van der Waals surface area (Å²) in [6.07, 6.45) is 2.30. The molecule has 0 aromatic heterocycles. The topological polar surface area (TPSA) is 35.5 Å². The van der Waals surface area contributed by atoms with E-state index in [1.807, 2.05) is 12.1 Å². The molecule has 0 N–H and O–H groups in total. The number of ether oxygens (including phenoxy) is 2. The number of Topliss-reactive ketones (excluding diaryl/α,β-unsaturated/α-hetero) is 1. The van der Waals surface area contributed by atoms with Gasteiger partial charge in [-0.1, -0.05) is 0 Å². The Hall–Kier alpha value is -1.51. The molecule has 1 aliphatic carbocycles. The van der Waals surface area contributed by atoms with Crippen LogP contribution in [-0.2, 0) is 6.42 Å². The lowest BCUT2D eigenvalue weighted by Crippen LogP contribution is -1.98. The molecular formula is C12H12O3. The standard InChI is InChI=1S/C12H12O3/c13-10-4-2-9-8(10)3-5-11-12(9)15-7-1-6-14-11/h3,5H,1-2,4,6-7H2. The molecule has 0 bridgehead atoms. The third-order valence-corrected chi connectivity index (χ3v) is 2.92. The molecule has 0 saturated carbocycles. The van der Waals surface area contributed by atoms with Gasteiger partial charge in [0.25, 0.3) is 0 Å². The molecule has 1 aromatic carbocycles. The maximum atomic E-state index is 11.5. The minimum atomic E-state index is 0.223.